The average Bonchev–Trinajstić information content (AvgIpc) is 3.07. The normalized spacial score (nSPS) is 18.6. The number of imide groups is 1. The summed E-state index contributed by atoms with van der Waals surface area (Å²) in [6.07, 6.45) is 0. The molecule has 2 aromatic carbocycles. The second-order valence-electron chi connectivity index (χ2n) is 7.28. The maximum absolute atomic E-state index is 13.7. The first kappa shape index (κ1) is 21.5. The third kappa shape index (κ3) is 3.62. The predicted octanol–water partition coefficient (Wildman–Crippen LogP) is 5.09. The van der Waals surface area contributed by atoms with Gasteiger partial charge in [-0.1, -0.05) is 41.6 Å². The van der Waals surface area contributed by atoms with E-state index in [1.807, 2.05) is 32.0 Å². The number of allylic oxidation sites excluding steroid dienone is 1. The van der Waals surface area contributed by atoms with E-state index in [4.69, 9.17) is 21.1 Å². The fraction of sp³-hybridized carbons (Fsp3) is 0.261. The number of hydrogen-bond donors (Lipinski definition) is 0. The first-order chi connectivity index (χ1) is 14.9. The zero-order valence-electron chi connectivity index (χ0n) is 17.6. The van der Waals surface area contributed by atoms with Crippen LogP contribution < -0.4 is 14.4 Å². The van der Waals surface area contributed by atoms with Crippen molar-refractivity contribution < 1.29 is 23.6 Å². The summed E-state index contributed by atoms with van der Waals surface area (Å²) in [5.41, 5.74) is 2.13. The number of halogens is 1. The Morgan fingerprint density at radius 2 is 1.84 bits per heavy atom. The molecule has 0 spiro atoms. The van der Waals surface area contributed by atoms with Crippen molar-refractivity contribution in [1.82, 2.24) is 0 Å². The highest BCUT2D eigenvalue weighted by Crippen LogP contribution is 2.43. The lowest BCUT2D eigenvalue weighted by atomic mass is 9.97. The Labute approximate surface area is 190 Å². The molecule has 6 nitrogen and oxygen atoms in total. The highest BCUT2D eigenvalue weighted by molar-refractivity contribution is 8.17. The lowest BCUT2D eigenvalue weighted by Gasteiger charge is -2.26. The van der Waals surface area contributed by atoms with Crippen LogP contribution in [-0.4, -0.2) is 35.8 Å². The molecule has 4 rings (SSSR count). The van der Waals surface area contributed by atoms with E-state index < -0.39 is 11.9 Å². The molecule has 0 N–H and O–H groups in total. The van der Waals surface area contributed by atoms with E-state index in [1.54, 1.807) is 36.0 Å². The molecular weight excluding hydrogens is 436 g/mol. The van der Waals surface area contributed by atoms with Crippen molar-refractivity contribution in [3.05, 3.63) is 63.5 Å². The van der Waals surface area contributed by atoms with Gasteiger partial charge in [0.1, 0.15) is 12.3 Å². The second kappa shape index (κ2) is 8.40. The number of rotatable bonds is 5. The number of fused-ring (bicyclic) bond motifs is 1. The Morgan fingerprint density at radius 3 is 2.52 bits per heavy atom. The Balaban J connectivity index is 1.86. The molecule has 2 aromatic rings. The molecule has 1 unspecified atom stereocenters. The van der Waals surface area contributed by atoms with Gasteiger partial charge in [0.05, 0.1) is 14.2 Å². The monoisotopic (exact) mass is 457 g/mol. The molecule has 0 saturated carbocycles. The summed E-state index contributed by atoms with van der Waals surface area (Å²) >= 11 is 7.85. The number of amides is 3. The van der Waals surface area contributed by atoms with Crippen LogP contribution in [0.1, 0.15) is 19.4 Å². The van der Waals surface area contributed by atoms with Crippen molar-refractivity contribution in [2.24, 2.45) is 5.92 Å². The first-order valence-corrected chi connectivity index (χ1v) is 10.9. The van der Waals surface area contributed by atoms with Crippen molar-refractivity contribution >= 4 is 46.0 Å². The van der Waals surface area contributed by atoms with Gasteiger partial charge in [0.25, 0.3) is 0 Å². The highest BCUT2D eigenvalue weighted by Gasteiger charge is 2.53. The van der Waals surface area contributed by atoms with Gasteiger partial charge in [-0.3, -0.25) is 0 Å². The minimum absolute atomic E-state index is 0.264. The molecule has 2 aliphatic heterocycles. The quantitative estimate of drug-likeness (QED) is 0.585. The lowest BCUT2D eigenvalue weighted by Crippen LogP contribution is -2.53. The number of anilines is 1. The van der Waals surface area contributed by atoms with Gasteiger partial charge >= 0.3 is 11.9 Å². The standard InChI is InChI=1S/C23H22ClN2O4S/c1-13-14(2)31-22-20(13)21(27)26(18-10-9-16(29-3)11-19(18)30-4)23(28)25(22)12-15-7-5-6-8-17(15)24/h5-11,20H,12H2,1-4H3/q+1. The van der Waals surface area contributed by atoms with Crippen LogP contribution in [0.4, 0.5) is 10.5 Å². The maximum atomic E-state index is 13.7. The van der Waals surface area contributed by atoms with E-state index in [-0.39, 0.29) is 12.5 Å². The fourth-order valence-corrected chi connectivity index (χ4v) is 5.20. The minimum atomic E-state index is -0.517. The van der Waals surface area contributed by atoms with Crippen molar-refractivity contribution in [3.63, 3.8) is 0 Å². The average molecular weight is 458 g/mol. The Hall–Kier alpha value is -2.77. The fourth-order valence-electron chi connectivity index (χ4n) is 3.76. The van der Waals surface area contributed by atoms with Gasteiger partial charge in [0.15, 0.2) is 22.4 Å². The summed E-state index contributed by atoms with van der Waals surface area (Å²) in [6.45, 7) is 4.17. The van der Waals surface area contributed by atoms with E-state index in [0.717, 1.165) is 16.0 Å². The topological polar surface area (TPSA) is 58.8 Å². The number of ether oxygens (including phenoxy) is 2. The molecule has 0 saturated heterocycles. The van der Waals surface area contributed by atoms with Crippen LogP contribution in [0.5, 0.6) is 11.5 Å². The van der Waals surface area contributed by atoms with Crippen LogP contribution in [0.3, 0.4) is 0 Å². The molecule has 8 heteroatoms. The number of urea groups is 1. The van der Waals surface area contributed by atoms with Crippen LogP contribution in [0.2, 0.25) is 5.02 Å². The Kier molecular flexibility index (Phi) is 5.81. The molecule has 1 atom stereocenters. The van der Waals surface area contributed by atoms with Crippen LogP contribution in [0.15, 0.2) is 52.9 Å². The summed E-state index contributed by atoms with van der Waals surface area (Å²) in [5, 5.41) is 1.29. The van der Waals surface area contributed by atoms with E-state index in [0.29, 0.717) is 27.3 Å². The van der Waals surface area contributed by atoms with Crippen molar-refractivity contribution in [1.29, 1.82) is 0 Å². The van der Waals surface area contributed by atoms with Crippen molar-refractivity contribution in [2.45, 2.75) is 20.4 Å². The number of benzene rings is 2. The number of methoxy groups -OCH3 is 2. The van der Waals surface area contributed by atoms with Crippen molar-refractivity contribution in [2.75, 3.05) is 19.1 Å². The zero-order valence-corrected chi connectivity index (χ0v) is 19.2. The predicted molar refractivity (Wildman–Crippen MR) is 122 cm³/mol. The summed E-state index contributed by atoms with van der Waals surface area (Å²) in [4.78, 5) is 29.5. The van der Waals surface area contributed by atoms with Crippen LogP contribution in [0, 0.1) is 5.92 Å². The molecule has 2 heterocycles. The summed E-state index contributed by atoms with van der Waals surface area (Å²) in [7, 11) is 3.04. The van der Waals surface area contributed by atoms with Crippen LogP contribution >= 0.6 is 23.4 Å². The molecule has 2 aliphatic rings. The highest BCUT2D eigenvalue weighted by atomic mass is 35.5. The SMILES string of the molecule is COc1ccc(N2C(=O)C3C(C)=C(C)SC3=[N+](Cc3ccccc3Cl)C2=O)c(OC)c1. The smallest absolute Gasteiger partial charge is 0.497 e. The largest absolute Gasteiger partial charge is 0.507 e. The van der Waals surface area contributed by atoms with Gasteiger partial charge in [-0.05, 0) is 42.5 Å². The van der Waals surface area contributed by atoms with Crippen LogP contribution in [0.25, 0.3) is 0 Å². The van der Waals surface area contributed by atoms with E-state index in [9.17, 15) is 9.59 Å². The molecule has 31 heavy (non-hydrogen) atoms. The molecular formula is C23H22ClN2O4S+. The lowest BCUT2D eigenvalue weighted by molar-refractivity contribution is -0.443. The molecule has 0 bridgehead atoms. The van der Waals surface area contributed by atoms with Crippen LogP contribution in [-0.2, 0) is 11.3 Å². The second-order valence-corrected chi connectivity index (χ2v) is 8.93. The van der Waals surface area contributed by atoms with Crippen molar-refractivity contribution in [3.8, 4) is 11.5 Å². The minimum Gasteiger partial charge on any atom is -0.497 e. The molecule has 0 fully saturated rings. The van der Waals surface area contributed by atoms with Gasteiger partial charge in [0.2, 0.25) is 0 Å². The molecule has 0 radical (unpaired) electrons. The number of carbonyl (C=O) groups excluding carboxylic acids is 2. The number of nitrogens with zero attached hydrogens (tertiary/aromatic N) is 2. The number of thioether (sulfide) groups is 1. The summed E-state index contributed by atoms with van der Waals surface area (Å²) < 4.78 is 12.4. The van der Waals surface area contributed by atoms with Gasteiger partial charge < -0.3 is 9.47 Å². The van der Waals surface area contributed by atoms with Gasteiger partial charge in [-0.2, -0.15) is 9.37 Å². The van der Waals surface area contributed by atoms with E-state index >= 15 is 0 Å². The number of carbonyl (C=O) groups is 2. The third-order valence-corrected chi connectivity index (χ3v) is 7.22. The maximum Gasteiger partial charge on any atom is 0.507 e. The van der Waals surface area contributed by atoms with E-state index in [1.165, 1.54) is 23.8 Å². The van der Waals surface area contributed by atoms with Gasteiger partial charge in [-0.25, -0.2) is 4.79 Å². The summed E-state index contributed by atoms with van der Waals surface area (Å²) in [6, 6.07) is 12.0. The number of hydrogen-bond acceptors (Lipinski definition) is 5. The molecule has 0 aromatic heterocycles. The van der Waals surface area contributed by atoms with Gasteiger partial charge in [0, 0.05) is 16.7 Å². The summed E-state index contributed by atoms with van der Waals surface area (Å²) in [5.74, 6) is 0.143. The molecule has 3 amide bonds. The Morgan fingerprint density at radius 1 is 1.10 bits per heavy atom. The first-order valence-electron chi connectivity index (χ1n) is 9.70. The zero-order chi connectivity index (χ0) is 22.3. The molecule has 0 aliphatic carbocycles. The van der Waals surface area contributed by atoms with E-state index in [2.05, 4.69) is 0 Å². The molecule has 160 valence electrons. The Bertz CT molecular complexity index is 1160. The van der Waals surface area contributed by atoms with Gasteiger partial charge in [-0.15, -0.1) is 4.90 Å². The third-order valence-electron chi connectivity index (χ3n) is 5.56.